The summed E-state index contributed by atoms with van der Waals surface area (Å²) >= 11 is 1.62. The molecule has 8 heteroatoms. The molecule has 2 aromatic carbocycles. The third-order valence-corrected chi connectivity index (χ3v) is 7.75. The van der Waals surface area contributed by atoms with Gasteiger partial charge < -0.3 is 20.9 Å². The van der Waals surface area contributed by atoms with E-state index in [0.29, 0.717) is 17.6 Å². The molecule has 164 valence electrons. The van der Waals surface area contributed by atoms with Gasteiger partial charge in [0.05, 0.1) is 16.6 Å². The maximum absolute atomic E-state index is 14.5. The van der Waals surface area contributed by atoms with Crippen LogP contribution in [0.4, 0.5) is 15.9 Å². The Bertz CT molecular complexity index is 1300. The molecular weight excluding hydrogens is 423 g/mol. The zero-order valence-electron chi connectivity index (χ0n) is 17.8. The molecule has 32 heavy (non-hydrogen) atoms. The summed E-state index contributed by atoms with van der Waals surface area (Å²) in [7, 11) is 1.80. The van der Waals surface area contributed by atoms with Crippen LogP contribution in [0.5, 0.6) is 0 Å². The molecule has 1 aliphatic carbocycles. The minimum absolute atomic E-state index is 0.261. The van der Waals surface area contributed by atoms with Gasteiger partial charge in [-0.25, -0.2) is 14.4 Å². The van der Waals surface area contributed by atoms with Crippen LogP contribution in [0.2, 0.25) is 0 Å². The van der Waals surface area contributed by atoms with Crippen molar-refractivity contribution in [3.63, 3.8) is 0 Å². The highest BCUT2D eigenvalue weighted by atomic mass is 32.2. The van der Waals surface area contributed by atoms with Gasteiger partial charge in [-0.15, -0.1) is 0 Å². The van der Waals surface area contributed by atoms with Crippen molar-refractivity contribution in [3.05, 3.63) is 53.8 Å². The highest BCUT2D eigenvalue weighted by Crippen LogP contribution is 2.44. The van der Waals surface area contributed by atoms with Crippen LogP contribution in [0, 0.1) is 11.7 Å². The average molecular weight is 449 g/mol. The molecule has 3 heterocycles. The summed E-state index contributed by atoms with van der Waals surface area (Å²) in [6, 6.07) is 14.0. The first kappa shape index (κ1) is 19.8. The molecule has 2 aliphatic rings. The van der Waals surface area contributed by atoms with Crippen LogP contribution in [0.15, 0.2) is 47.6 Å². The van der Waals surface area contributed by atoms with E-state index >= 15 is 0 Å². The zero-order chi connectivity index (χ0) is 21.8. The molecule has 2 aromatic heterocycles. The van der Waals surface area contributed by atoms with Crippen molar-refractivity contribution in [2.45, 2.75) is 35.8 Å². The lowest BCUT2D eigenvalue weighted by atomic mass is 10.0. The highest BCUT2D eigenvalue weighted by Gasteiger charge is 2.44. The van der Waals surface area contributed by atoms with E-state index in [-0.39, 0.29) is 11.9 Å². The number of nitrogens with one attached hydrogen (secondary N) is 2. The Balaban J connectivity index is 1.50. The van der Waals surface area contributed by atoms with Gasteiger partial charge in [0.1, 0.15) is 17.3 Å². The van der Waals surface area contributed by atoms with Crippen LogP contribution < -0.4 is 16.0 Å². The van der Waals surface area contributed by atoms with E-state index in [1.807, 2.05) is 18.2 Å². The second-order valence-corrected chi connectivity index (χ2v) is 9.72. The number of thioether (sulfide) groups is 1. The van der Waals surface area contributed by atoms with Crippen LogP contribution in [-0.2, 0) is 5.75 Å². The van der Waals surface area contributed by atoms with Crippen molar-refractivity contribution in [1.29, 1.82) is 0 Å². The van der Waals surface area contributed by atoms with E-state index in [2.05, 4.69) is 27.3 Å². The zero-order valence-corrected chi connectivity index (χ0v) is 18.6. The number of halogens is 1. The molecule has 4 N–H and O–H groups in total. The number of fused-ring (bicyclic) bond motifs is 5. The monoisotopic (exact) mass is 448 g/mol. The molecule has 6 nitrogen and oxygen atoms in total. The standard InChI is InChI=1S/C24H25FN6S/c1-27-19-9-15(25)8-17-20-22(28-21(17)19)29-24(32-12-13-5-3-2-4-6-13)30-23(20)31-11-14-7-16(31)10-18(14)26/h2-6,8-9,14,16,18,27H,7,10-12,26H2,1H3,(H,28,29,30)/t14-,16-,18-/m1/s1. The maximum atomic E-state index is 14.5. The number of hydrogen-bond donors (Lipinski definition) is 3. The Morgan fingerprint density at radius 1 is 1.22 bits per heavy atom. The third kappa shape index (κ3) is 3.20. The summed E-state index contributed by atoms with van der Waals surface area (Å²) in [5.41, 5.74) is 9.86. The van der Waals surface area contributed by atoms with E-state index in [1.165, 1.54) is 11.6 Å². The SMILES string of the molecule is CNc1cc(F)cc2c1[nH]c1nc(SCc3ccccc3)nc(N3C[C@H]4C[C@@H]3C[C@H]4N)c12. The summed E-state index contributed by atoms with van der Waals surface area (Å²) < 4.78 is 14.5. The third-order valence-electron chi connectivity index (χ3n) is 6.83. The van der Waals surface area contributed by atoms with Crippen molar-refractivity contribution in [2.75, 3.05) is 23.8 Å². The topological polar surface area (TPSA) is 82.9 Å². The molecule has 0 amide bonds. The summed E-state index contributed by atoms with van der Waals surface area (Å²) in [5.74, 6) is 1.89. The van der Waals surface area contributed by atoms with Crippen LogP contribution >= 0.6 is 11.8 Å². The molecule has 0 radical (unpaired) electrons. The van der Waals surface area contributed by atoms with E-state index in [1.54, 1.807) is 24.9 Å². The Labute approximate surface area is 189 Å². The average Bonchev–Trinajstić information content (AvgIpc) is 3.49. The number of hydrogen-bond acceptors (Lipinski definition) is 6. The number of anilines is 2. The number of piperidine rings is 1. The van der Waals surface area contributed by atoms with Crippen LogP contribution in [-0.4, -0.2) is 40.6 Å². The van der Waals surface area contributed by atoms with Gasteiger partial charge in [0.2, 0.25) is 0 Å². The molecule has 2 fully saturated rings. The summed E-state index contributed by atoms with van der Waals surface area (Å²) in [6.45, 7) is 0.890. The van der Waals surface area contributed by atoms with Gasteiger partial charge in [-0.05, 0) is 36.5 Å². The van der Waals surface area contributed by atoms with Gasteiger partial charge in [0.15, 0.2) is 5.16 Å². The van der Waals surface area contributed by atoms with E-state index in [9.17, 15) is 4.39 Å². The van der Waals surface area contributed by atoms with Crippen molar-refractivity contribution >= 4 is 45.2 Å². The molecule has 2 bridgehead atoms. The Kier molecular flexibility index (Phi) is 4.73. The highest BCUT2D eigenvalue weighted by molar-refractivity contribution is 7.98. The first-order chi connectivity index (χ1) is 15.6. The molecular formula is C24H25FN6S. The predicted molar refractivity (Wildman–Crippen MR) is 129 cm³/mol. The molecule has 1 aliphatic heterocycles. The minimum Gasteiger partial charge on any atom is -0.386 e. The number of aromatic nitrogens is 3. The first-order valence-corrected chi connectivity index (χ1v) is 12.0. The lowest BCUT2D eigenvalue weighted by Crippen LogP contribution is -2.41. The van der Waals surface area contributed by atoms with Crippen LogP contribution in [0.3, 0.4) is 0 Å². The quantitative estimate of drug-likeness (QED) is 0.308. The van der Waals surface area contributed by atoms with Crippen molar-refractivity contribution in [1.82, 2.24) is 15.0 Å². The van der Waals surface area contributed by atoms with E-state index in [4.69, 9.17) is 15.7 Å². The maximum Gasteiger partial charge on any atom is 0.191 e. The number of nitrogens with zero attached hydrogens (tertiary/aromatic N) is 3. The van der Waals surface area contributed by atoms with Gasteiger partial charge in [-0.1, -0.05) is 42.1 Å². The summed E-state index contributed by atoms with van der Waals surface area (Å²) in [6.07, 6.45) is 2.07. The molecule has 1 saturated heterocycles. The summed E-state index contributed by atoms with van der Waals surface area (Å²) in [4.78, 5) is 15.7. The molecule has 4 aromatic rings. The molecule has 6 rings (SSSR count). The van der Waals surface area contributed by atoms with E-state index < -0.39 is 0 Å². The first-order valence-electron chi connectivity index (χ1n) is 11.0. The molecule has 0 spiro atoms. The van der Waals surface area contributed by atoms with E-state index in [0.717, 1.165) is 58.0 Å². The van der Waals surface area contributed by atoms with Crippen LogP contribution in [0.25, 0.3) is 21.9 Å². The Hall–Kier alpha value is -2.84. The van der Waals surface area contributed by atoms with Crippen molar-refractivity contribution in [2.24, 2.45) is 11.7 Å². The van der Waals surface area contributed by atoms with Crippen LogP contribution in [0.1, 0.15) is 18.4 Å². The van der Waals surface area contributed by atoms with Gasteiger partial charge in [-0.2, -0.15) is 0 Å². The van der Waals surface area contributed by atoms with Crippen molar-refractivity contribution < 1.29 is 4.39 Å². The Morgan fingerprint density at radius 3 is 2.78 bits per heavy atom. The predicted octanol–water partition coefficient (Wildman–Crippen LogP) is 4.51. The van der Waals surface area contributed by atoms with Gasteiger partial charge in [-0.3, -0.25) is 0 Å². The lowest BCUT2D eigenvalue weighted by Gasteiger charge is -2.31. The number of benzene rings is 2. The Morgan fingerprint density at radius 2 is 2.06 bits per heavy atom. The normalized spacial score (nSPS) is 22.3. The smallest absolute Gasteiger partial charge is 0.191 e. The molecule has 3 atom stereocenters. The van der Waals surface area contributed by atoms with Gasteiger partial charge in [0, 0.05) is 36.8 Å². The van der Waals surface area contributed by atoms with Crippen molar-refractivity contribution in [3.8, 4) is 0 Å². The number of rotatable bonds is 5. The van der Waals surface area contributed by atoms with Gasteiger partial charge in [0.25, 0.3) is 0 Å². The number of nitrogens with two attached hydrogens (primary N) is 1. The number of H-pyrrole nitrogens is 1. The summed E-state index contributed by atoms with van der Waals surface area (Å²) in [5, 5.41) is 5.52. The largest absolute Gasteiger partial charge is 0.386 e. The fourth-order valence-electron chi connectivity index (χ4n) is 5.27. The lowest BCUT2D eigenvalue weighted by molar-refractivity contribution is 0.471. The minimum atomic E-state index is -0.277. The number of aromatic amines is 1. The molecule has 1 saturated carbocycles. The second-order valence-electron chi connectivity index (χ2n) is 8.78. The fourth-order valence-corrected chi connectivity index (χ4v) is 6.06. The van der Waals surface area contributed by atoms with Gasteiger partial charge >= 0.3 is 0 Å². The fraction of sp³-hybridized carbons (Fsp3) is 0.333. The second kappa shape index (κ2) is 7.64. The molecule has 0 unspecified atom stereocenters.